The fourth-order valence-electron chi connectivity index (χ4n) is 1.36. The molecule has 6 heteroatoms. The van der Waals surface area contributed by atoms with Gasteiger partial charge in [0, 0.05) is 6.04 Å². The molecule has 2 rings (SSSR count). The van der Waals surface area contributed by atoms with Gasteiger partial charge in [0.2, 0.25) is 0 Å². The second-order valence-electron chi connectivity index (χ2n) is 3.48. The monoisotopic (exact) mass is 226 g/mol. The minimum absolute atomic E-state index is 0.0168. The number of carbonyl (C=O) groups excluding carboxylic acids is 1. The molecule has 1 aromatic heterocycles. The first-order valence-corrected chi connectivity index (χ1v) is 5.44. The third-order valence-electron chi connectivity index (χ3n) is 2.45. The zero-order valence-electron chi connectivity index (χ0n) is 7.90. The third kappa shape index (κ3) is 1.99. The van der Waals surface area contributed by atoms with E-state index in [1.54, 1.807) is 0 Å². The molecule has 0 aromatic carbocycles. The van der Waals surface area contributed by atoms with Gasteiger partial charge >= 0.3 is 5.97 Å². The standard InChI is InChI=1S/C9H10N2O3S/c12-8(11-5-2-1-3-5)7-6(9(13)14)4-10-15-7/h4-5H,1-3H2,(H,11,12)(H,13,14). The van der Waals surface area contributed by atoms with Gasteiger partial charge in [-0.05, 0) is 30.8 Å². The molecule has 1 aromatic rings. The normalized spacial score (nSPS) is 15.7. The lowest BCUT2D eigenvalue weighted by Crippen LogP contribution is -2.39. The summed E-state index contributed by atoms with van der Waals surface area (Å²) in [7, 11) is 0. The van der Waals surface area contributed by atoms with Crippen LogP contribution in [0.2, 0.25) is 0 Å². The summed E-state index contributed by atoms with van der Waals surface area (Å²) in [6.07, 6.45) is 4.29. The van der Waals surface area contributed by atoms with Crippen molar-refractivity contribution in [1.29, 1.82) is 0 Å². The number of nitrogens with one attached hydrogen (secondary N) is 1. The maximum Gasteiger partial charge on any atom is 0.339 e. The summed E-state index contributed by atoms with van der Waals surface area (Å²) in [6, 6.07) is 0.209. The van der Waals surface area contributed by atoms with Crippen molar-refractivity contribution in [3.05, 3.63) is 16.6 Å². The number of aromatic nitrogens is 1. The minimum Gasteiger partial charge on any atom is -0.478 e. The van der Waals surface area contributed by atoms with E-state index >= 15 is 0 Å². The van der Waals surface area contributed by atoms with E-state index in [1.165, 1.54) is 6.20 Å². The SMILES string of the molecule is O=C(O)c1cnsc1C(=O)NC1CCC1. The number of carboxylic acid groups (broad SMARTS) is 1. The molecule has 5 nitrogen and oxygen atoms in total. The van der Waals surface area contributed by atoms with Crippen molar-refractivity contribution in [2.75, 3.05) is 0 Å². The number of hydrogen-bond donors (Lipinski definition) is 2. The molecule has 0 saturated heterocycles. The van der Waals surface area contributed by atoms with Gasteiger partial charge in [0.1, 0.15) is 10.4 Å². The smallest absolute Gasteiger partial charge is 0.339 e. The van der Waals surface area contributed by atoms with Crippen LogP contribution < -0.4 is 5.32 Å². The molecule has 80 valence electrons. The Labute approximate surface area is 90.3 Å². The molecule has 1 fully saturated rings. The van der Waals surface area contributed by atoms with Gasteiger partial charge in [0.05, 0.1) is 6.20 Å². The lowest BCUT2D eigenvalue weighted by atomic mass is 9.93. The molecule has 0 spiro atoms. The Morgan fingerprint density at radius 2 is 2.27 bits per heavy atom. The highest BCUT2D eigenvalue weighted by atomic mass is 32.1. The zero-order valence-corrected chi connectivity index (χ0v) is 8.71. The van der Waals surface area contributed by atoms with Crippen LogP contribution >= 0.6 is 11.5 Å². The Hall–Kier alpha value is -1.43. The van der Waals surface area contributed by atoms with Crippen LogP contribution in [0.5, 0.6) is 0 Å². The molecular formula is C9H10N2O3S. The highest BCUT2D eigenvalue weighted by molar-refractivity contribution is 7.08. The summed E-state index contributed by atoms with van der Waals surface area (Å²) >= 11 is 0.920. The average Bonchev–Trinajstić information content (AvgIpc) is 2.59. The van der Waals surface area contributed by atoms with Crippen LogP contribution in [0.1, 0.15) is 39.3 Å². The number of carbonyl (C=O) groups is 2. The van der Waals surface area contributed by atoms with Gasteiger partial charge < -0.3 is 10.4 Å². The second kappa shape index (κ2) is 3.98. The first-order chi connectivity index (χ1) is 7.18. The lowest BCUT2D eigenvalue weighted by Gasteiger charge is -2.26. The van der Waals surface area contributed by atoms with Crippen LogP contribution in [0.4, 0.5) is 0 Å². The number of hydrogen-bond acceptors (Lipinski definition) is 4. The van der Waals surface area contributed by atoms with Crippen molar-refractivity contribution >= 4 is 23.4 Å². The Kier molecular flexibility index (Phi) is 2.68. The van der Waals surface area contributed by atoms with E-state index in [9.17, 15) is 9.59 Å². The van der Waals surface area contributed by atoms with Crippen LogP contribution in [0.3, 0.4) is 0 Å². The molecule has 1 amide bonds. The van der Waals surface area contributed by atoms with E-state index in [1.807, 2.05) is 0 Å². The molecule has 0 atom stereocenters. The molecule has 0 unspecified atom stereocenters. The Bertz CT molecular complexity index is 398. The van der Waals surface area contributed by atoms with Gasteiger partial charge in [-0.15, -0.1) is 0 Å². The summed E-state index contributed by atoms with van der Waals surface area (Å²) in [5.41, 5.74) is -0.0168. The molecule has 2 N–H and O–H groups in total. The van der Waals surface area contributed by atoms with Crippen molar-refractivity contribution in [2.45, 2.75) is 25.3 Å². The Morgan fingerprint density at radius 3 is 2.80 bits per heavy atom. The van der Waals surface area contributed by atoms with Crippen molar-refractivity contribution in [2.24, 2.45) is 0 Å². The van der Waals surface area contributed by atoms with Crippen molar-refractivity contribution in [1.82, 2.24) is 9.69 Å². The zero-order chi connectivity index (χ0) is 10.8. The molecule has 0 aliphatic heterocycles. The predicted molar refractivity (Wildman–Crippen MR) is 54.2 cm³/mol. The summed E-state index contributed by atoms with van der Waals surface area (Å²) in [5.74, 6) is -1.43. The van der Waals surface area contributed by atoms with Crippen LogP contribution in [0, 0.1) is 0 Å². The van der Waals surface area contributed by atoms with Gasteiger partial charge in [-0.25, -0.2) is 4.79 Å². The molecule has 1 aliphatic rings. The highest BCUT2D eigenvalue weighted by Crippen LogP contribution is 2.20. The fraction of sp³-hybridized carbons (Fsp3) is 0.444. The second-order valence-corrected chi connectivity index (χ2v) is 4.28. The van der Waals surface area contributed by atoms with Gasteiger partial charge in [-0.3, -0.25) is 4.79 Å². The third-order valence-corrected chi connectivity index (χ3v) is 3.25. The molecule has 15 heavy (non-hydrogen) atoms. The Balaban J connectivity index is 2.10. The number of rotatable bonds is 3. The van der Waals surface area contributed by atoms with E-state index in [2.05, 4.69) is 9.69 Å². The topological polar surface area (TPSA) is 79.3 Å². The Morgan fingerprint density at radius 1 is 1.53 bits per heavy atom. The van der Waals surface area contributed by atoms with Crippen LogP contribution in [-0.4, -0.2) is 27.4 Å². The maximum absolute atomic E-state index is 11.6. The number of aromatic carboxylic acids is 1. The van der Waals surface area contributed by atoms with E-state index in [0.717, 1.165) is 30.8 Å². The van der Waals surface area contributed by atoms with Gasteiger partial charge in [0.25, 0.3) is 5.91 Å². The summed E-state index contributed by atoms with van der Waals surface area (Å²) in [5, 5.41) is 11.6. The molecule has 0 bridgehead atoms. The molecular weight excluding hydrogens is 216 g/mol. The van der Waals surface area contributed by atoms with Crippen LogP contribution in [0.25, 0.3) is 0 Å². The number of nitrogens with zero attached hydrogens (tertiary/aromatic N) is 1. The van der Waals surface area contributed by atoms with Gasteiger partial charge in [-0.2, -0.15) is 4.37 Å². The highest BCUT2D eigenvalue weighted by Gasteiger charge is 2.24. The molecule has 1 aliphatic carbocycles. The van der Waals surface area contributed by atoms with Crippen molar-refractivity contribution in [3.63, 3.8) is 0 Å². The largest absolute Gasteiger partial charge is 0.478 e. The maximum atomic E-state index is 11.6. The van der Waals surface area contributed by atoms with Gasteiger partial charge in [-0.1, -0.05) is 0 Å². The van der Waals surface area contributed by atoms with Crippen molar-refractivity contribution < 1.29 is 14.7 Å². The van der Waals surface area contributed by atoms with E-state index in [-0.39, 0.29) is 22.4 Å². The van der Waals surface area contributed by atoms with E-state index in [0.29, 0.717) is 0 Å². The quantitative estimate of drug-likeness (QED) is 0.809. The average molecular weight is 226 g/mol. The number of carboxylic acids is 1. The van der Waals surface area contributed by atoms with Crippen LogP contribution in [0.15, 0.2) is 6.20 Å². The molecule has 0 radical (unpaired) electrons. The summed E-state index contributed by atoms with van der Waals surface area (Å²) in [4.78, 5) is 22.6. The molecule has 1 saturated carbocycles. The van der Waals surface area contributed by atoms with Gasteiger partial charge in [0.15, 0.2) is 0 Å². The predicted octanol–water partition coefficient (Wildman–Crippen LogP) is 1.12. The summed E-state index contributed by atoms with van der Waals surface area (Å²) < 4.78 is 3.72. The first kappa shape index (κ1) is 10.1. The number of amides is 1. The van der Waals surface area contributed by atoms with Crippen LogP contribution in [-0.2, 0) is 0 Å². The fourth-order valence-corrected chi connectivity index (χ4v) is 2.00. The minimum atomic E-state index is -1.11. The summed E-state index contributed by atoms with van der Waals surface area (Å²) in [6.45, 7) is 0. The first-order valence-electron chi connectivity index (χ1n) is 4.67. The van der Waals surface area contributed by atoms with Crippen molar-refractivity contribution in [3.8, 4) is 0 Å². The molecule has 1 heterocycles. The van der Waals surface area contributed by atoms with E-state index in [4.69, 9.17) is 5.11 Å². The lowest BCUT2D eigenvalue weighted by molar-refractivity contribution is 0.0691. The van der Waals surface area contributed by atoms with E-state index < -0.39 is 5.97 Å².